The Morgan fingerprint density at radius 3 is 0.786 bits per heavy atom. The zero-order chi connectivity index (χ0) is 9.00. The van der Waals surface area contributed by atoms with E-state index in [-0.39, 0.29) is 118 Å². The van der Waals surface area contributed by atoms with Gasteiger partial charge in [-0.3, -0.25) is 0 Å². The molecule has 0 radical (unpaired) electrons. The number of hydrogen-bond acceptors (Lipinski definition) is 8. The van der Waals surface area contributed by atoms with Gasteiger partial charge in [-0.15, -0.1) is 0 Å². The summed E-state index contributed by atoms with van der Waals surface area (Å²) in [6, 6.07) is 0. The van der Waals surface area contributed by atoms with Crippen molar-refractivity contribution in [2.24, 2.45) is 0 Å². The van der Waals surface area contributed by atoms with Crippen molar-refractivity contribution in [2.75, 3.05) is 0 Å². The average molecular weight is 500 g/mol. The molecule has 0 aliphatic rings. The predicted molar refractivity (Wildman–Crippen MR) is 2.75 cm³/mol. The third kappa shape index (κ3) is 200. The van der Waals surface area contributed by atoms with E-state index in [4.69, 9.17) is 28.6 Å². The molecule has 0 amide bonds. The molecule has 64 valence electrons. The summed E-state index contributed by atoms with van der Waals surface area (Å²) in [5, 5.41) is 0. The molecule has 0 rings (SSSR count). The van der Waals surface area contributed by atoms with Crippen molar-refractivity contribution >= 4 is 0 Å². The Balaban J connectivity index is -0.0000000178. The molecule has 0 N–H and O–H groups in total. The predicted octanol–water partition coefficient (Wildman–Crippen LogP) is -17.2. The number of rotatable bonds is 0. The average Bonchev–Trinajstić information content (AvgIpc) is 1.12. The van der Waals surface area contributed by atoms with E-state index in [0.717, 1.165) is 0 Å². The normalized spacial score (nSPS) is 8.29. The first-order valence-corrected chi connectivity index (χ1v) is 9.40. The van der Waals surface area contributed by atoms with Gasteiger partial charge in [0, 0.05) is 0 Å². The van der Waals surface area contributed by atoms with Crippen molar-refractivity contribution < 1.29 is 180 Å². The van der Waals surface area contributed by atoms with Crippen molar-refractivity contribution in [3.05, 3.63) is 0 Å². The molecule has 0 unspecified atom stereocenters. The summed E-state index contributed by atoms with van der Waals surface area (Å²) in [4.78, 5) is 0. The van der Waals surface area contributed by atoms with Crippen LogP contribution in [0.15, 0.2) is 0 Å². The topological polar surface area (TPSA) is 161 Å². The van der Waals surface area contributed by atoms with Crippen LogP contribution < -0.4 is 133 Å². The summed E-state index contributed by atoms with van der Waals surface area (Å²) in [5.41, 5.74) is 0. The molecule has 0 aliphatic heterocycles. The zero-order valence-electron chi connectivity index (χ0n) is 8.08. The summed E-state index contributed by atoms with van der Waals surface area (Å²) >= 11 is -12.2. The summed E-state index contributed by atoms with van der Waals surface area (Å²) in [6.07, 6.45) is 0. The van der Waals surface area contributed by atoms with Crippen LogP contribution in [0, 0.1) is 0 Å². The second-order valence-electron chi connectivity index (χ2n) is 0.816. The van der Waals surface area contributed by atoms with Crippen molar-refractivity contribution in [3.8, 4) is 0 Å². The molecule has 0 saturated carbocycles. The maximum atomic E-state index is 8.65. The summed E-state index contributed by atoms with van der Waals surface area (Å²) < 4.78 is 69.1. The molecule has 14 heavy (non-hydrogen) atoms. The van der Waals surface area contributed by atoms with Crippen LogP contribution in [0.4, 0.5) is 0 Å². The number of hydrogen-bond donors (Lipinski definition) is 0. The first-order valence-electron chi connectivity index (χ1n) is 1.33. The van der Waals surface area contributed by atoms with E-state index in [1.54, 1.807) is 0 Å². The molecule has 0 aromatic carbocycles. The van der Waals surface area contributed by atoms with E-state index in [1.807, 2.05) is 0 Å². The molecule has 0 heterocycles. The summed E-state index contributed by atoms with van der Waals surface area (Å²) in [7, 11) is 0. The van der Waals surface area contributed by atoms with Crippen LogP contribution >= 0.6 is 0 Å². The van der Waals surface area contributed by atoms with Gasteiger partial charge in [-0.1, -0.05) is 0 Å². The van der Waals surface area contributed by atoms with E-state index in [9.17, 15) is 0 Å². The maximum absolute atomic E-state index is 8.65. The van der Waals surface area contributed by atoms with Crippen LogP contribution in [0.3, 0.4) is 0 Å². The fourth-order valence-corrected chi connectivity index (χ4v) is 0. The van der Waals surface area contributed by atoms with Crippen LogP contribution in [-0.4, -0.2) is 0 Å². The minimum absolute atomic E-state index is 0. The zero-order valence-corrected chi connectivity index (χ0v) is 21.0. The Morgan fingerprint density at radius 2 is 0.786 bits per heavy atom. The van der Waals surface area contributed by atoms with E-state index in [0.29, 0.717) is 0 Å². The second-order valence-corrected chi connectivity index (χ2v) is 5.76. The van der Waals surface area contributed by atoms with Crippen LogP contribution in [0.2, 0.25) is 0 Å². The van der Waals surface area contributed by atoms with Gasteiger partial charge in [0.15, 0.2) is 0 Å². The second kappa shape index (κ2) is 17.4. The monoisotopic (exact) mass is 502 g/mol. The van der Waals surface area contributed by atoms with E-state index in [2.05, 4.69) is 0 Å². The first-order chi connectivity index (χ1) is 4.00. The Labute approximate surface area is 176 Å². The Hall–Kier alpha value is 4.42. The summed E-state index contributed by atoms with van der Waals surface area (Å²) in [6.45, 7) is 0. The van der Waals surface area contributed by atoms with Gasteiger partial charge in [0.1, 0.15) is 0 Å². The molecule has 0 aliphatic carbocycles. The molecule has 0 saturated heterocycles. The SMILES string of the molecule is [Na+].[Na+].[Na+].[Na+].[O]=[Mo](=[O])([O-])[O-].[O]=[W](=[O])([O-])[O-]. The van der Waals surface area contributed by atoms with Gasteiger partial charge in [0.05, 0.1) is 0 Å². The molecule has 0 atom stereocenters. The van der Waals surface area contributed by atoms with Gasteiger partial charge in [-0.05, 0) is 0 Å². The molecular weight excluding hydrogens is 500 g/mol. The molecular formula is MoNa4O8W. The van der Waals surface area contributed by atoms with Crippen molar-refractivity contribution in [3.63, 3.8) is 0 Å². The van der Waals surface area contributed by atoms with Gasteiger partial charge in [-0.25, -0.2) is 0 Å². The van der Waals surface area contributed by atoms with Crippen LogP contribution in [0.1, 0.15) is 0 Å². The van der Waals surface area contributed by atoms with Crippen molar-refractivity contribution in [1.29, 1.82) is 0 Å². The van der Waals surface area contributed by atoms with Crippen LogP contribution in [-0.2, 0) is 47.1 Å². The van der Waals surface area contributed by atoms with Crippen molar-refractivity contribution in [1.82, 2.24) is 0 Å². The van der Waals surface area contributed by atoms with Gasteiger partial charge >= 0.3 is 180 Å². The van der Waals surface area contributed by atoms with Gasteiger partial charge in [0.2, 0.25) is 0 Å². The molecule has 0 fully saturated rings. The van der Waals surface area contributed by atoms with Gasteiger partial charge in [-0.2, -0.15) is 0 Å². The van der Waals surface area contributed by atoms with Gasteiger partial charge in [0.25, 0.3) is 0 Å². The van der Waals surface area contributed by atoms with Crippen LogP contribution in [0.25, 0.3) is 0 Å². The fourth-order valence-electron chi connectivity index (χ4n) is 0. The van der Waals surface area contributed by atoms with Crippen LogP contribution in [0.5, 0.6) is 0 Å². The molecule has 0 aromatic rings. The third-order valence-corrected chi connectivity index (χ3v) is 0. The van der Waals surface area contributed by atoms with Crippen molar-refractivity contribution in [2.45, 2.75) is 0 Å². The Morgan fingerprint density at radius 1 is 0.786 bits per heavy atom. The fraction of sp³-hybridized carbons (Fsp3) is 0. The van der Waals surface area contributed by atoms with Gasteiger partial charge < -0.3 is 0 Å². The van der Waals surface area contributed by atoms with E-state index < -0.39 is 33.5 Å². The van der Waals surface area contributed by atoms with E-state index in [1.165, 1.54) is 0 Å². The molecule has 0 aromatic heterocycles. The van der Waals surface area contributed by atoms with E-state index >= 15 is 0 Å². The standard InChI is InChI=1S/Mo.4Na.8O.W/q;4*+1;;;;;4*-1;. The molecule has 14 heteroatoms. The quantitative estimate of drug-likeness (QED) is 0.297. The third-order valence-electron chi connectivity index (χ3n) is 0. The Bertz CT molecular complexity index is 218. The molecule has 0 spiro atoms. The Kier molecular flexibility index (Phi) is 45.1. The first kappa shape index (κ1) is 36.2. The summed E-state index contributed by atoms with van der Waals surface area (Å²) in [5.74, 6) is 0. The minimum atomic E-state index is -6.17. The molecule has 8 nitrogen and oxygen atoms in total. The molecule has 0 bridgehead atoms.